The third kappa shape index (κ3) is 2.56. The van der Waals surface area contributed by atoms with Gasteiger partial charge in [0.1, 0.15) is 10.9 Å². The van der Waals surface area contributed by atoms with E-state index in [0.717, 1.165) is 22.4 Å². The van der Waals surface area contributed by atoms with Crippen molar-refractivity contribution in [3.05, 3.63) is 28.9 Å². The molecule has 2 rings (SSSR count). The lowest BCUT2D eigenvalue weighted by Gasteiger charge is -2.09. The number of nitrogens with zero attached hydrogens (tertiary/aromatic N) is 1. The van der Waals surface area contributed by atoms with Crippen LogP contribution >= 0.6 is 24.0 Å². The van der Waals surface area contributed by atoms with Crippen molar-refractivity contribution in [2.75, 3.05) is 6.54 Å². The molecule has 1 aromatic heterocycles. The van der Waals surface area contributed by atoms with Gasteiger partial charge in [0.15, 0.2) is 0 Å². The van der Waals surface area contributed by atoms with E-state index in [2.05, 4.69) is 4.98 Å². The molecule has 5 nitrogen and oxygen atoms in total. The van der Waals surface area contributed by atoms with Crippen LogP contribution in [0.5, 0.6) is 0 Å². The van der Waals surface area contributed by atoms with E-state index in [0.29, 0.717) is 4.91 Å². The highest BCUT2D eigenvalue weighted by Gasteiger charge is 2.33. The standard InChI is InChI=1S/C10H8N2O3S2/c13-8(14)5-12-9(15)7(17-10(12)16)4-6-2-1-3-11-6/h1-4,11H,5H2,(H,13,14). The van der Waals surface area contributed by atoms with E-state index in [1.165, 1.54) is 0 Å². The van der Waals surface area contributed by atoms with E-state index in [1.54, 1.807) is 12.3 Å². The smallest absolute Gasteiger partial charge is 0.323 e. The van der Waals surface area contributed by atoms with E-state index in [1.807, 2.05) is 12.1 Å². The summed E-state index contributed by atoms with van der Waals surface area (Å²) in [5.41, 5.74) is 0.779. The molecule has 0 bridgehead atoms. The third-order valence-electron chi connectivity index (χ3n) is 2.08. The minimum Gasteiger partial charge on any atom is -0.480 e. The highest BCUT2D eigenvalue weighted by atomic mass is 32.2. The van der Waals surface area contributed by atoms with Gasteiger partial charge in [-0.3, -0.25) is 14.5 Å². The van der Waals surface area contributed by atoms with Gasteiger partial charge >= 0.3 is 5.97 Å². The number of thiocarbonyl (C=S) groups is 1. The van der Waals surface area contributed by atoms with Gasteiger partial charge in [0.05, 0.1) is 4.91 Å². The summed E-state index contributed by atoms with van der Waals surface area (Å²) in [6, 6.07) is 3.62. The van der Waals surface area contributed by atoms with Crippen LogP contribution in [0.2, 0.25) is 0 Å². The van der Waals surface area contributed by atoms with Gasteiger partial charge in [-0.2, -0.15) is 0 Å². The first-order valence-corrected chi connectivity index (χ1v) is 5.91. The van der Waals surface area contributed by atoms with Gasteiger partial charge in [-0.1, -0.05) is 24.0 Å². The molecule has 0 spiro atoms. The number of hydrogen-bond donors (Lipinski definition) is 2. The first-order valence-electron chi connectivity index (χ1n) is 4.68. The largest absolute Gasteiger partial charge is 0.480 e. The number of nitrogens with one attached hydrogen (secondary N) is 1. The number of carbonyl (C=O) groups excluding carboxylic acids is 1. The molecule has 1 saturated heterocycles. The first kappa shape index (κ1) is 11.9. The molecule has 1 amide bonds. The number of aromatic nitrogens is 1. The summed E-state index contributed by atoms with van der Waals surface area (Å²) < 4.78 is 0.273. The van der Waals surface area contributed by atoms with Crippen LogP contribution in [-0.2, 0) is 9.59 Å². The molecule has 17 heavy (non-hydrogen) atoms. The average molecular weight is 268 g/mol. The summed E-state index contributed by atoms with van der Waals surface area (Å²) in [6.07, 6.45) is 3.39. The maximum atomic E-state index is 11.8. The Morgan fingerprint density at radius 2 is 2.41 bits per heavy atom. The Labute approximate surface area is 106 Å². The number of hydrogen-bond acceptors (Lipinski definition) is 4. The number of H-pyrrole nitrogens is 1. The number of carboxylic acids is 1. The fourth-order valence-corrected chi connectivity index (χ4v) is 2.59. The van der Waals surface area contributed by atoms with Crippen molar-refractivity contribution >= 4 is 46.3 Å². The second-order valence-electron chi connectivity index (χ2n) is 3.29. The topological polar surface area (TPSA) is 73.4 Å². The van der Waals surface area contributed by atoms with Crippen LogP contribution in [-0.4, -0.2) is 37.7 Å². The van der Waals surface area contributed by atoms with Gasteiger partial charge in [-0.15, -0.1) is 0 Å². The predicted molar refractivity (Wildman–Crippen MR) is 68.3 cm³/mol. The van der Waals surface area contributed by atoms with Gasteiger partial charge in [0, 0.05) is 11.9 Å². The minimum absolute atomic E-state index is 0.273. The van der Waals surface area contributed by atoms with Crippen molar-refractivity contribution in [2.24, 2.45) is 0 Å². The predicted octanol–water partition coefficient (Wildman–Crippen LogP) is 1.30. The fraction of sp³-hybridized carbons (Fsp3) is 0.100. The molecule has 1 fully saturated rings. The van der Waals surface area contributed by atoms with E-state index in [4.69, 9.17) is 17.3 Å². The van der Waals surface area contributed by atoms with Gasteiger partial charge in [0.25, 0.3) is 5.91 Å². The summed E-state index contributed by atoms with van der Waals surface area (Å²) in [4.78, 5) is 26.9. The molecule has 0 aliphatic carbocycles. The zero-order valence-electron chi connectivity index (χ0n) is 8.54. The molecular weight excluding hydrogens is 260 g/mol. The maximum absolute atomic E-state index is 11.8. The van der Waals surface area contributed by atoms with Crippen LogP contribution in [0.15, 0.2) is 23.2 Å². The van der Waals surface area contributed by atoms with Crippen molar-refractivity contribution in [1.82, 2.24) is 9.88 Å². The van der Waals surface area contributed by atoms with Gasteiger partial charge in [0.2, 0.25) is 0 Å². The van der Waals surface area contributed by atoms with Crippen LogP contribution < -0.4 is 0 Å². The van der Waals surface area contributed by atoms with E-state index >= 15 is 0 Å². The van der Waals surface area contributed by atoms with Crippen LogP contribution in [0.4, 0.5) is 0 Å². The number of amides is 1. The average Bonchev–Trinajstić information content (AvgIpc) is 2.83. The molecule has 7 heteroatoms. The molecule has 2 N–H and O–H groups in total. The van der Waals surface area contributed by atoms with Gasteiger partial charge in [-0.25, -0.2) is 0 Å². The van der Waals surface area contributed by atoms with E-state index in [-0.39, 0.29) is 10.2 Å². The molecule has 0 unspecified atom stereocenters. The molecule has 0 aromatic carbocycles. The number of carbonyl (C=O) groups is 2. The fourth-order valence-electron chi connectivity index (χ4n) is 1.35. The summed E-state index contributed by atoms with van der Waals surface area (Å²) in [5.74, 6) is -1.44. The number of thioether (sulfide) groups is 1. The van der Waals surface area contributed by atoms with Gasteiger partial charge < -0.3 is 10.1 Å². The van der Waals surface area contributed by atoms with Crippen LogP contribution in [0.3, 0.4) is 0 Å². The third-order valence-corrected chi connectivity index (χ3v) is 3.45. The quantitative estimate of drug-likeness (QED) is 0.638. The zero-order valence-corrected chi connectivity index (χ0v) is 10.2. The Morgan fingerprint density at radius 3 is 3.00 bits per heavy atom. The summed E-state index contributed by atoms with van der Waals surface area (Å²) in [6.45, 7) is -0.396. The number of aliphatic carboxylic acids is 1. The molecule has 0 atom stereocenters. The SMILES string of the molecule is O=C(O)CN1C(=O)C(=Cc2ccc[nH]2)SC1=S. The van der Waals surface area contributed by atoms with Crippen LogP contribution in [0.25, 0.3) is 6.08 Å². The molecule has 1 aromatic rings. The molecule has 0 radical (unpaired) electrons. The molecule has 88 valence electrons. The van der Waals surface area contributed by atoms with Crippen molar-refractivity contribution in [2.45, 2.75) is 0 Å². The normalized spacial score (nSPS) is 18.1. The van der Waals surface area contributed by atoms with Crippen molar-refractivity contribution in [1.29, 1.82) is 0 Å². The molecular formula is C10H8N2O3S2. The van der Waals surface area contributed by atoms with E-state index < -0.39 is 12.5 Å². The Hall–Kier alpha value is -1.60. The lowest BCUT2D eigenvalue weighted by atomic mass is 10.3. The maximum Gasteiger partial charge on any atom is 0.323 e. The lowest BCUT2D eigenvalue weighted by molar-refractivity contribution is -0.140. The highest BCUT2D eigenvalue weighted by molar-refractivity contribution is 8.26. The van der Waals surface area contributed by atoms with Crippen LogP contribution in [0.1, 0.15) is 5.69 Å². The Balaban J connectivity index is 2.21. The first-order chi connectivity index (χ1) is 8.08. The van der Waals surface area contributed by atoms with Crippen molar-refractivity contribution in [3.63, 3.8) is 0 Å². The molecule has 1 aliphatic heterocycles. The number of carboxylic acid groups (broad SMARTS) is 1. The molecule has 1 aliphatic rings. The Morgan fingerprint density at radius 1 is 1.65 bits per heavy atom. The Kier molecular flexibility index (Phi) is 3.30. The summed E-state index contributed by atoms with van der Waals surface area (Å²) in [5, 5.41) is 8.66. The van der Waals surface area contributed by atoms with Crippen molar-refractivity contribution < 1.29 is 14.7 Å². The monoisotopic (exact) mass is 268 g/mol. The van der Waals surface area contributed by atoms with Crippen LogP contribution in [0, 0.1) is 0 Å². The summed E-state index contributed by atoms with van der Waals surface area (Å²) >= 11 is 6.07. The lowest BCUT2D eigenvalue weighted by Crippen LogP contribution is -2.33. The number of aromatic amines is 1. The number of rotatable bonds is 3. The molecule has 0 saturated carbocycles. The second kappa shape index (κ2) is 4.72. The molecule has 2 heterocycles. The van der Waals surface area contributed by atoms with Gasteiger partial charge in [-0.05, 0) is 18.2 Å². The minimum atomic E-state index is -1.08. The summed E-state index contributed by atoms with van der Waals surface area (Å²) in [7, 11) is 0. The second-order valence-corrected chi connectivity index (χ2v) is 4.96. The zero-order chi connectivity index (χ0) is 12.4. The van der Waals surface area contributed by atoms with E-state index in [9.17, 15) is 9.59 Å². The highest BCUT2D eigenvalue weighted by Crippen LogP contribution is 2.31. The van der Waals surface area contributed by atoms with Crippen molar-refractivity contribution in [3.8, 4) is 0 Å². The Bertz CT molecular complexity index is 508.